The summed E-state index contributed by atoms with van der Waals surface area (Å²) in [5.41, 5.74) is -0.565. The highest BCUT2D eigenvalue weighted by Crippen LogP contribution is 2.06. The minimum atomic E-state index is -3.16. The number of rotatable bonds is 3. The van der Waals surface area contributed by atoms with E-state index in [9.17, 15) is 13.2 Å². The van der Waals surface area contributed by atoms with Crippen molar-refractivity contribution in [3.63, 3.8) is 0 Å². The molecule has 0 saturated carbocycles. The molecule has 5 nitrogen and oxygen atoms in total. The summed E-state index contributed by atoms with van der Waals surface area (Å²) in [4.78, 5) is 11.3. The molecule has 6 heteroatoms. The van der Waals surface area contributed by atoms with E-state index in [2.05, 4.69) is 5.32 Å². The van der Waals surface area contributed by atoms with Gasteiger partial charge >= 0.3 is 6.09 Å². The quantitative estimate of drug-likeness (QED) is 0.821. The molecule has 0 spiro atoms. The third-order valence-electron chi connectivity index (χ3n) is 1.36. The van der Waals surface area contributed by atoms with Crippen LogP contribution in [0.3, 0.4) is 0 Å². The van der Waals surface area contributed by atoms with Crippen LogP contribution in [0.2, 0.25) is 0 Å². The van der Waals surface area contributed by atoms with Crippen LogP contribution in [0.5, 0.6) is 0 Å². The van der Waals surface area contributed by atoms with Crippen molar-refractivity contribution in [3.05, 3.63) is 11.5 Å². The van der Waals surface area contributed by atoms with Crippen molar-refractivity contribution in [2.24, 2.45) is 0 Å². The average Bonchev–Trinajstić information content (AvgIpc) is 1.95. The van der Waals surface area contributed by atoms with Crippen LogP contribution in [0.15, 0.2) is 11.5 Å². The maximum Gasteiger partial charge on any atom is 0.408 e. The first-order valence-corrected chi connectivity index (χ1v) is 6.83. The summed E-state index contributed by atoms with van der Waals surface area (Å²) in [7, 11) is -3.16. The van der Waals surface area contributed by atoms with Gasteiger partial charge in [-0.1, -0.05) is 6.08 Å². The van der Waals surface area contributed by atoms with E-state index < -0.39 is 27.6 Å². The van der Waals surface area contributed by atoms with Crippen LogP contribution in [0.4, 0.5) is 4.79 Å². The molecule has 0 unspecified atom stereocenters. The summed E-state index contributed by atoms with van der Waals surface area (Å²) in [5.74, 6) is 0. The van der Waals surface area contributed by atoms with Crippen LogP contribution >= 0.6 is 0 Å². The lowest BCUT2D eigenvalue weighted by molar-refractivity contribution is 0.0518. The van der Waals surface area contributed by atoms with Crippen LogP contribution < -0.4 is 5.32 Å². The Morgan fingerprint density at radius 1 is 1.38 bits per heavy atom. The van der Waals surface area contributed by atoms with Gasteiger partial charge in [0.2, 0.25) is 0 Å². The van der Waals surface area contributed by atoms with E-state index in [1.165, 1.54) is 6.08 Å². The molecule has 0 fully saturated rings. The summed E-state index contributed by atoms with van der Waals surface area (Å²) >= 11 is 0. The van der Waals surface area contributed by atoms with Crippen LogP contribution in [0.1, 0.15) is 27.7 Å². The Bertz CT molecular complexity index is 365. The maximum atomic E-state index is 11.3. The molecule has 1 N–H and O–H groups in total. The van der Waals surface area contributed by atoms with Crippen molar-refractivity contribution < 1.29 is 17.9 Å². The fourth-order valence-corrected chi connectivity index (χ4v) is 1.32. The number of ether oxygens (including phenoxy) is 1. The van der Waals surface area contributed by atoms with Crippen LogP contribution in [-0.2, 0) is 14.6 Å². The van der Waals surface area contributed by atoms with Gasteiger partial charge in [0.05, 0.1) is 0 Å². The molecule has 1 atom stereocenters. The van der Waals surface area contributed by atoms with E-state index in [-0.39, 0.29) is 0 Å². The van der Waals surface area contributed by atoms with Crippen LogP contribution in [0, 0.1) is 0 Å². The normalized spacial score (nSPS) is 14.8. The third kappa shape index (κ3) is 9.51. The molecule has 0 aromatic rings. The number of hydrogen-bond acceptors (Lipinski definition) is 4. The van der Waals surface area contributed by atoms with Gasteiger partial charge in [-0.3, -0.25) is 0 Å². The molecule has 0 rings (SSSR count). The number of hydrogen-bond donors (Lipinski definition) is 1. The molecule has 0 aromatic heterocycles. The fourth-order valence-electron chi connectivity index (χ4n) is 0.802. The molecule has 0 aliphatic rings. The Balaban J connectivity index is 4.22. The molecular weight excluding hydrogens is 230 g/mol. The first-order chi connectivity index (χ1) is 6.99. The lowest BCUT2D eigenvalue weighted by Crippen LogP contribution is -2.36. The smallest absolute Gasteiger partial charge is 0.408 e. The zero-order valence-electron chi connectivity index (χ0n) is 10.3. The van der Waals surface area contributed by atoms with Crippen molar-refractivity contribution in [2.45, 2.75) is 39.3 Å². The largest absolute Gasteiger partial charge is 0.444 e. The standard InChI is InChI=1S/C10H19NO4S/c1-8(6-7-16(5,13)14)11-9(12)15-10(2,3)4/h6-8H,1-5H3,(H,11,12)/b7-6-/t8-/m0/s1. The minimum absolute atomic E-state index is 0.399. The lowest BCUT2D eigenvalue weighted by atomic mass is 10.2. The Labute approximate surface area is 96.8 Å². The SMILES string of the molecule is C[C@@H](/C=C\S(C)(=O)=O)NC(=O)OC(C)(C)C. The predicted molar refractivity (Wildman–Crippen MR) is 62.8 cm³/mol. The second-order valence-corrected chi connectivity index (χ2v) is 6.52. The second-order valence-electron chi connectivity index (χ2n) is 4.59. The van der Waals surface area contributed by atoms with Gasteiger partial charge in [-0.05, 0) is 27.7 Å². The third-order valence-corrected chi connectivity index (χ3v) is 2.01. The molecule has 16 heavy (non-hydrogen) atoms. The fraction of sp³-hybridized carbons (Fsp3) is 0.700. The first kappa shape index (κ1) is 15.0. The van der Waals surface area contributed by atoms with Gasteiger partial charge in [0.1, 0.15) is 5.60 Å². The number of sulfone groups is 1. The zero-order valence-corrected chi connectivity index (χ0v) is 11.1. The molecule has 0 aliphatic carbocycles. The molecule has 0 saturated heterocycles. The van der Waals surface area contributed by atoms with Crippen molar-refractivity contribution in [3.8, 4) is 0 Å². The highest BCUT2D eigenvalue weighted by Gasteiger charge is 2.16. The molecule has 0 aliphatic heterocycles. The van der Waals surface area contributed by atoms with Gasteiger partial charge in [-0.25, -0.2) is 13.2 Å². The van der Waals surface area contributed by atoms with Gasteiger partial charge in [-0.2, -0.15) is 0 Å². The van der Waals surface area contributed by atoms with Crippen molar-refractivity contribution >= 4 is 15.9 Å². The monoisotopic (exact) mass is 249 g/mol. The zero-order chi connectivity index (χ0) is 13.0. The van der Waals surface area contributed by atoms with E-state index in [4.69, 9.17) is 4.74 Å². The summed E-state index contributed by atoms with van der Waals surface area (Å²) in [5, 5.41) is 3.55. The predicted octanol–water partition coefficient (Wildman–Crippen LogP) is 1.46. The highest BCUT2D eigenvalue weighted by molar-refractivity contribution is 7.93. The van der Waals surface area contributed by atoms with Crippen LogP contribution in [-0.4, -0.2) is 32.4 Å². The second kappa shape index (κ2) is 5.34. The van der Waals surface area contributed by atoms with Crippen molar-refractivity contribution in [1.82, 2.24) is 5.32 Å². The Hall–Kier alpha value is -1.04. The molecule has 0 bridgehead atoms. The summed E-state index contributed by atoms with van der Waals surface area (Å²) in [6.07, 6.45) is 1.90. The topological polar surface area (TPSA) is 72.5 Å². The molecule has 1 amide bonds. The molecule has 0 radical (unpaired) electrons. The van der Waals surface area contributed by atoms with E-state index in [1.54, 1.807) is 27.7 Å². The minimum Gasteiger partial charge on any atom is -0.444 e. The molecular formula is C10H19NO4S. The Kier molecular flexibility index (Phi) is 4.99. The number of alkyl carbamates (subject to hydrolysis) is 1. The van der Waals surface area contributed by atoms with Crippen LogP contribution in [0.25, 0.3) is 0 Å². The number of carbonyl (C=O) groups excluding carboxylic acids is 1. The maximum absolute atomic E-state index is 11.3. The molecule has 0 heterocycles. The Morgan fingerprint density at radius 3 is 2.25 bits per heavy atom. The molecule has 94 valence electrons. The number of nitrogens with one attached hydrogen (secondary N) is 1. The van der Waals surface area contributed by atoms with Gasteiger partial charge < -0.3 is 10.1 Å². The van der Waals surface area contributed by atoms with E-state index >= 15 is 0 Å². The van der Waals surface area contributed by atoms with Crippen molar-refractivity contribution in [2.75, 3.05) is 6.26 Å². The van der Waals surface area contributed by atoms with Gasteiger partial charge in [-0.15, -0.1) is 0 Å². The van der Waals surface area contributed by atoms with Gasteiger partial charge in [0, 0.05) is 17.7 Å². The summed E-state index contributed by atoms with van der Waals surface area (Å²) in [6.45, 7) is 6.92. The van der Waals surface area contributed by atoms with E-state index in [1.807, 2.05) is 0 Å². The highest BCUT2D eigenvalue weighted by atomic mass is 32.2. The average molecular weight is 249 g/mol. The summed E-state index contributed by atoms with van der Waals surface area (Å²) < 4.78 is 26.6. The lowest BCUT2D eigenvalue weighted by Gasteiger charge is -2.20. The first-order valence-electron chi connectivity index (χ1n) is 4.87. The van der Waals surface area contributed by atoms with Crippen molar-refractivity contribution in [1.29, 1.82) is 0 Å². The van der Waals surface area contributed by atoms with E-state index in [0.717, 1.165) is 11.7 Å². The Morgan fingerprint density at radius 2 is 1.88 bits per heavy atom. The van der Waals surface area contributed by atoms with Gasteiger partial charge in [0.25, 0.3) is 0 Å². The summed E-state index contributed by atoms with van der Waals surface area (Å²) in [6, 6.07) is -0.399. The number of amides is 1. The van der Waals surface area contributed by atoms with Gasteiger partial charge in [0.15, 0.2) is 9.84 Å². The van der Waals surface area contributed by atoms with E-state index in [0.29, 0.717) is 0 Å². The number of carbonyl (C=O) groups is 1. The molecule has 0 aromatic carbocycles.